The van der Waals surface area contributed by atoms with Crippen LogP contribution < -0.4 is 5.32 Å². The third-order valence-corrected chi connectivity index (χ3v) is 1.89. The molecule has 0 spiro atoms. The molecule has 0 aliphatic carbocycles. The Hall–Kier alpha value is -0.190. The minimum atomic E-state index is 0.293. The summed E-state index contributed by atoms with van der Waals surface area (Å²) >= 11 is 0.359. The Balaban J connectivity index is 3.82. The highest BCUT2D eigenvalue weighted by molar-refractivity contribution is 7.66. The average molecular weight is 191 g/mol. The van der Waals surface area contributed by atoms with Crippen molar-refractivity contribution in [1.82, 2.24) is 5.32 Å². The number of nitrogens with one attached hydrogen (secondary N) is 1. The first-order valence-electron chi connectivity index (χ1n) is 4.07. The van der Waals surface area contributed by atoms with Crippen LogP contribution in [-0.2, 0) is 16.0 Å². The van der Waals surface area contributed by atoms with E-state index < -0.39 is 0 Å². The van der Waals surface area contributed by atoms with Crippen LogP contribution in [0, 0.1) is 5.92 Å². The molecule has 0 fully saturated rings. The molecule has 3 nitrogen and oxygen atoms in total. The third-order valence-electron chi connectivity index (χ3n) is 1.45. The third kappa shape index (κ3) is 5.46. The van der Waals surface area contributed by atoms with Crippen molar-refractivity contribution in [2.24, 2.45) is 5.92 Å². The maximum Gasteiger partial charge on any atom is 0.216 e. The van der Waals surface area contributed by atoms with Gasteiger partial charge >= 0.3 is 0 Å². The number of hydrogen-bond acceptors (Lipinski definition) is 2. The molecule has 0 aliphatic heterocycles. The van der Waals surface area contributed by atoms with Crippen molar-refractivity contribution in [3.8, 4) is 0 Å². The van der Waals surface area contributed by atoms with Gasteiger partial charge in [-0.3, -0.25) is 5.32 Å². The number of ether oxygens (including phenoxy) is 1. The molecule has 1 N–H and O–H groups in total. The lowest BCUT2D eigenvalue weighted by Crippen LogP contribution is -2.34. The van der Waals surface area contributed by atoms with Crippen LogP contribution >= 0.6 is 0 Å². The summed E-state index contributed by atoms with van der Waals surface area (Å²) in [6.45, 7) is 6.33. The molecule has 0 saturated heterocycles. The van der Waals surface area contributed by atoms with E-state index in [4.69, 9.17) is 4.74 Å². The lowest BCUT2D eigenvalue weighted by atomic mass is 10.1. The summed E-state index contributed by atoms with van der Waals surface area (Å²) in [5, 5.41) is 3.34. The minimum Gasteiger partial charge on any atom is -0.328 e. The Morgan fingerprint density at radius 3 is 2.42 bits per heavy atom. The largest absolute Gasteiger partial charge is 0.328 e. The molecule has 0 aliphatic rings. The van der Waals surface area contributed by atoms with Gasteiger partial charge in [-0.15, -0.1) is 0 Å². The zero-order valence-corrected chi connectivity index (χ0v) is 8.90. The normalized spacial score (nSPS) is 13.1. The molecule has 0 aromatic carbocycles. The van der Waals surface area contributed by atoms with Crippen LogP contribution in [0.1, 0.15) is 27.2 Å². The second kappa shape index (κ2) is 6.34. The van der Waals surface area contributed by atoms with Crippen molar-refractivity contribution in [2.75, 3.05) is 7.11 Å². The van der Waals surface area contributed by atoms with E-state index in [0.29, 0.717) is 28.4 Å². The van der Waals surface area contributed by atoms with Crippen molar-refractivity contribution in [3.63, 3.8) is 0 Å². The fourth-order valence-electron chi connectivity index (χ4n) is 1.08. The predicted molar refractivity (Wildman–Crippen MR) is 52.2 cm³/mol. The van der Waals surface area contributed by atoms with E-state index in [1.807, 2.05) is 6.92 Å². The summed E-state index contributed by atoms with van der Waals surface area (Å²) in [5.74, 6) is 0.627. The fourth-order valence-corrected chi connectivity index (χ4v) is 1.40. The van der Waals surface area contributed by atoms with Gasteiger partial charge in [0.15, 0.2) is 0 Å². The van der Waals surface area contributed by atoms with Gasteiger partial charge in [0.1, 0.15) is 11.3 Å². The Morgan fingerprint density at radius 2 is 2.08 bits per heavy atom. The Kier molecular flexibility index (Phi) is 6.24. The second-order valence-corrected chi connectivity index (χ2v) is 3.79. The topological polar surface area (TPSA) is 38.3 Å². The SMILES string of the molecule is COC(NC(C)CC(C)C)=S=O. The van der Waals surface area contributed by atoms with Crippen molar-refractivity contribution in [2.45, 2.75) is 33.2 Å². The average Bonchev–Trinajstić information content (AvgIpc) is 1.98. The van der Waals surface area contributed by atoms with Gasteiger partial charge in [-0.1, -0.05) is 13.8 Å². The highest BCUT2D eigenvalue weighted by Crippen LogP contribution is 2.03. The standard InChI is InChI=1S/C8H17NO2S/c1-6(2)5-7(3)9-8(11-4)12-10/h6-7,9H,5H2,1-4H3. The predicted octanol–water partition coefficient (Wildman–Crippen LogP) is 0.957. The first-order valence-corrected chi connectivity index (χ1v) is 4.81. The molecule has 72 valence electrons. The van der Waals surface area contributed by atoms with Crippen molar-refractivity contribution >= 4 is 16.4 Å². The molecule has 4 heteroatoms. The van der Waals surface area contributed by atoms with E-state index in [1.165, 1.54) is 7.11 Å². The van der Waals surface area contributed by atoms with E-state index >= 15 is 0 Å². The quantitative estimate of drug-likeness (QED) is 0.675. The summed E-state index contributed by atoms with van der Waals surface area (Å²) in [7, 11) is 1.50. The molecule has 0 saturated carbocycles. The van der Waals surface area contributed by atoms with Crippen LogP contribution in [0.4, 0.5) is 0 Å². The summed E-state index contributed by atoms with van der Waals surface area (Å²) in [5.41, 5.74) is 0. The molecule has 0 rings (SSSR count). The van der Waals surface area contributed by atoms with E-state index in [1.54, 1.807) is 0 Å². The molecule has 0 aromatic rings. The summed E-state index contributed by atoms with van der Waals surface area (Å²) < 4.78 is 15.2. The molecular formula is C8H17NO2S. The van der Waals surface area contributed by atoms with Crippen molar-refractivity contribution in [3.05, 3.63) is 0 Å². The van der Waals surface area contributed by atoms with Gasteiger partial charge in [0, 0.05) is 13.2 Å². The number of hydrogen-bond donors (Lipinski definition) is 1. The second-order valence-electron chi connectivity index (χ2n) is 3.25. The highest BCUT2D eigenvalue weighted by atomic mass is 32.1. The number of methoxy groups -OCH3 is 1. The van der Waals surface area contributed by atoms with Crippen LogP contribution in [0.2, 0.25) is 0 Å². The summed E-state index contributed by atoms with van der Waals surface area (Å²) in [4.78, 5) is 0. The van der Waals surface area contributed by atoms with Crippen LogP contribution in [0.25, 0.3) is 0 Å². The number of rotatable bonds is 3. The molecule has 0 aromatic heterocycles. The van der Waals surface area contributed by atoms with Crippen LogP contribution in [0.3, 0.4) is 0 Å². The monoisotopic (exact) mass is 191 g/mol. The van der Waals surface area contributed by atoms with Gasteiger partial charge < -0.3 is 4.74 Å². The Bertz CT molecular complexity index is 176. The van der Waals surface area contributed by atoms with Gasteiger partial charge in [0.2, 0.25) is 5.17 Å². The lowest BCUT2D eigenvalue weighted by molar-refractivity contribution is 0.372. The maximum atomic E-state index is 10.4. The summed E-state index contributed by atoms with van der Waals surface area (Å²) in [6, 6.07) is 0.293. The summed E-state index contributed by atoms with van der Waals surface area (Å²) in [6.07, 6.45) is 1.04. The lowest BCUT2D eigenvalue weighted by Gasteiger charge is -2.14. The first-order chi connectivity index (χ1) is 5.60. The first kappa shape index (κ1) is 11.8. The zero-order valence-electron chi connectivity index (χ0n) is 8.09. The van der Waals surface area contributed by atoms with Gasteiger partial charge in [-0.2, -0.15) is 0 Å². The highest BCUT2D eigenvalue weighted by Gasteiger charge is 2.06. The molecule has 1 unspecified atom stereocenters. The minimum absolute atomic E-state index is 0.293. The van der Waals surface area contributed by atoms with Crippen LogP contribution in [0.15, 0.2) is 0 Å². The van der Waals surface area contributed by atoms with E-state index in [-0.39, 0.29) is 0 Å². The van der Waals surface area contributed by atoms with Gasteiger partial charge in [0.05, 0.1) is 0 Å². The van der Waals surface area contributed by atoms with Crippen molar-refractivity contribution < 1.29 is 8.95 Å². The van der Waals surface area contributed by atoms with Crippen LogP contribution in [-0.4, -0.2) is 22.5 Å². The van der Waals surface area contributed by atoms with Crippen molar-refractivity contribution in [1.29, 1.82) is 0 Å². The molecule has 0 amide bonds. The van der Waals surface area contributed by atoms with E-state index in [9.17, 15) is 4.21 Å². The molecule has 1 atom stereocenters. The van der Waals surface area contributed by atoms with Gasteiger partial charge in [-0.05, 0) is 19.3 Å². The van der Waals surface area contributed by atoms with E-state index in [0.717, 1.165) is 6.42 Å². The molecular weight excluding hydrogens is 174 g/mol. The Labute approximate surface area is 77.6 Å². The zero-order chi connectivity index (χ0) is 9.56. The Morgan fingerprint density at radius 1 is 1.50 bits per heavy atom. The van der Waals surface area contributed by atoms with Crippen LogP contribution in [0.5, 0.6) is 0 Å². The molecule has 0 bridgehead atoms. The van der Waals surface area contributed by atoms with Gasteiger partial charge in [-0.25, -0.2) is 4.21 Å². The van der Waals surface area contributed by atoms with E-state index in [2.05, 4.69) is 19.2 Å². The fraction of sp³-hybridized carbons (Fsp3) is 0.875. The molecule has 0 radical (unpaired) electrons. The molecule has 12 heavy (non-hydrogen) atoms. The maximum absolute atomic E-state index is 10.4. The van der Waals surface area contributed by atoms with Gasteiger partial charge in [0.25, 0.3) is 0 Å². The smallest absolute Gasteiger partial charge is 0.216 e. The molecule has 0 heterocycles.